The van der Waals surface area contributed by atoms with Gasteiger partial charge in [-0.05, 0) is 91.0 Å². The lowest BCUT2D eigenvalue weighted by atomic mass is 9.84. The molecule has 7 heteroatoms. The van der Waals surface area contributed by atoms with Gasteiger partial charge in [-0.15, -0.1) is 0 Å². The third kappa shape index (κ3) is 6.37. The summed E-state index contributed by atoms with van der Waals surface area (Å²) in [6.07, 6.45) is 13.1. The Bertz CT molecular complexity index is 573. The molecule has 4 saturated heterocycles. The molecule has 4 aliphatic heterocycles. The molecule has 0 bridgehead atoms. The minimum atomic E-state index is 0.282. The number of guanidine groups is 1. The van der Waals surface area contributed by atoms with Crippen molar-refractivity contribution in [3.8, 4) is 0 Å². The van der Waals surface area contributed by atoms with Gasteiger partial charge < -0.3 is 24.6 Å². The van der Waals surface area contributed by atoms with Crippen molar-refractivity contribution in [2.24, 2.45) is 4.99 Å². The van der Waals surface area contributed by atoms with Gasteiger partial charge >= 0.3 is 0 Å². The van der Waals surface area contributed by atoms with E-state index in [0.29, 0.717) is 12.2 Å². The molecular weight excluding hydrogens is 402 g/mol. The molecule has 1 N–H and O–H groups in total. The molecule has 1 unspecified atom stereocenters. The Morgan fingerprint density at radius 3 is 2.38 bits per heavy atom. The van der Waals surface area contributed by atoms with E-state index in [1.54, 1.807) is 0 Å². The monoisotopic (exact) mass is 449 g/mol. The average molecular weight is 450 g/mol. The standard InChI is InChI=1S/C25H47N5O2/c1-26-24(29-15-9-22(10-16-29)32-20-23-8-4-7-19-31-23)27-21-25(11-17-28(2)18-12-25)30-13-5-3-6-14-30/h22-23H,3-21H2,1-2H3,(H,26,27). The third-order valence-electron chi connectivity index (χ3n) is 8.27. The van der Waals surface area contributed by atoms with Gasteiger partial charge in [-0.25, -0.2) is 0 Å². The minimum Gasteiger partial charge on any atom is -0.376 e. The van der Waals surface area contributed by atoms with Gasteiger partial charge in [-0.2, -0.15) is 0 Å². The second kappa shape index (κ2) is 12.0. The van der Waals surface area contributed by atoms with Crippen LogP contribution in [0.1, 0.15) is 64.2 Å². The van der Waals surface area contributed by atoms with Crippen molar-refractivity contribution in [2.45, 2.75) is 82.0 Å². The van der Waals surface area contributed by atoms with Gasteiger partial charge in [0.15, 0.2) is 5.96 Å². The van der Waals surface area contributed by atoms with E-state index in [1.807, 2.05) is 7.05 Å². The summed E-state index contributed by atoms with van der Waals surface area (Å²) < 4.78 is 12.1. The van der Waals surface area contributed by atoms with E-state index >= 15 is 0 Å². The lowest BCUT2D eigenvalue weighted by molar-refractivity contribution is -0.0721. The summed E-state index contributed by atoms with van der Waals surface area (Å²) >= 11 is 0. The zero-order valence-corrected chi connectivity index (χ0v) is 20.7. The van der Waals surface area contributed by atoms with Gasteiger partial charge in [0.05, 0.1) is 18.8 Å². The Morgan fingerprint density at radius 1 is 0.969 bits per heavy atom. The van der Waals surface area contributed by atoms with Crippen molar-refractivity contribution in [1.29, 1.82) is 0 Å². The van der Waals surface area contributed by atoms with Gasteiger partial charge in [0.1, 0.15) is 0 Å². The number of likely N-dealkylation sites (tertiary alicyclic amines) is 3. The van der Waals surface area contributed by atoms with Crippen LogP contribution in [0.2, 0.25) is 0 Å². The van der Waals surface area contributed by atoms with Crippen LogP contribution in [-0.4, -0.2) is 112 Å². The molecule has 7 nitrogen and oxygen atoms in total. The number of piperidine rings is 3. The van der Waals surface area contributed by atoms with Crippen LogP contribution in [0.3, 0.4) is 0 Å². The molecule has 0 radical (unpaired) electrons. The van der Waals surface area contributed by atoms with Crippen molar-refractivity contribution in [3.05, 3.63) is 0 Å². The maximum absolute atomic E-state index is 6.22. The van der Waals surface area contributed by atoms with Gasteiger partial charge in [0.25, 0.3) is 0 Å². The molecule has 0 aromatic rings. The fraction of sp³-hybridized carbons (Fsp3) is 0.960. The van der Waals surface area contributed by atoms with Crippen LogP contribution < -0.4 is 5.32 Å². The molecule has 4 aliphatic rings. The van der Waals surface area contributed by atoms with Crippen LogP contribution >= 0.6 is 0 Å². The Balaban J connectivity index is 1.25. The smallest absolute Gasteiger partial charge is 0.193 e. The number of ether oxygens (including phenoxy) is 2. The highest BCUT2D eigenvalue weighted by Crippen LogP contribution is 2.31. The van der Waals surface area contributed by atoms with E-state index in [0.717, 1.165) is 58.1 Å². The molecule has 0 spiro atoms. The first-order valence-electron chi connectivity index (χ1n) is 13.3. The molecule has 0 aromatic heterocycles. The fourth-order valence-corrected chi connectivity index (χ4v) is 6.00. The molecule has 0 aliphatic carbocycles. The van der Waals surface area contributed by atoms with Crippen LogP contribution in [0.15, 0.2) is 4.99 Å². The van der Waals surface area contributed by atoms with E-state index in [9.17, 15) is 0 Å². The summed E-state index contributed by atoms with van der Waals surface area (Å²) in [6, 6.07) is 0. The van der Waals surface area contributed by atoms with Crippen molar-refractivity contribution in [1.82, 2.24) is 20.0 Å². The first kappa shape index (κ1) is 24.2. The number of nitrogens with one attached hydrogen (secondary N) is 1. The summed E-state index contributed by atoms with van der Waals surface area (Å²) in [4.78, 5) is 12.4. The summed E-state index contributed by atoms with van der Waals surface area (Å²) in [5.41, 5.74) is 0.282. The second-order valence-corrected chi connectivity index (χ2v) is 10.5. The maximum Gasteiger partial charge on any atom is 0.193 e. The summed E-state index contributed by atoms with van der Waals surface area (Å²) in [5, 5.41) is 3.82. The van der Waals surface area contributed by atoms with Crippen LogP contribution in [0, 0.1) is 0 Å². The molecule has 32 heavy (non-hydrogen) atoms. The summed E-state index contributed by atoms with van der Waals surface area (Å²) in [5.74, 6) is 1.08. The van der Waals surface area contributed by atoms with Crippen LogP contribution in [0.4, 0.5) is 0 Å². The lowest BCUT2D eigenvalue weighted by Gasteiger charge is -2.50. The lowest BCUT2D eigenvalue weighted by Crippen LogP contribution is -2.62. The maximum atomic E-state index is 6.22. The Kier molecular flexibility index (Phi) is 9.09. The van der Waals surface area contributed by atoms with E-state index in [2.05, 4.69) is 32.1 Å². The number of aliphatic imine (C=N–C) groups is 1. The van der Waals surface area contributed by atoms with E-state index in [4.69, 9.17) is 9.47 Å². The van der Waals surface area contributed by atoms with Crippen LogP contribution in [0.25, 0.3) is 0 Å². The SMILES string of the molecule is CN=C(NCC1(N2CCCCC2)CCN(C)CC1)N1CCC(OCC2CCCCO2)CC1. The average Bonchev–Trinajstić information content (AvgIpc) is 2.86. The highest BCUT2D eigenvalue weighted by molar-refractivity contribution is 5.80. The highest BCUT2D eigenvalue weighted by atomic mass is 16.5. The first-order chi connectivity index (χ1) is 15.7. The molecular formula is C25H47N5O2. The zero-order chi connectivity index (χ0) is 22.2. The van der Waals surface area contributed by atoms with E-state index in [1.165, 1.54) is 71.1 Å². The molecule has 0 amide bonds. The molecule has 184 valence electrons. The van der Waals surface area contributed by atoms with E-state index in [-0.39, 0.29) is 5.54 Å². The normalized spacial score (nSPS) is 29.2. The zero-order valence-electron chi connectivity index (χ0n) is 20.7. The Morgan fingerprint density at radius 2 is 1.72 bits per heavy atom. The Labute approximate surface area is 195 Å². The van der Waals surface area contributed by atoms with Crippen molar-refractivity contribution in [3.63, 3.8) is 0 Å². The van der Waals surface area contributed by atoms with Gasteiger partial charge in [0.2, 0.25) is 0 Å². The van der Waals surface area contributed by atoms with Gasteiger partial charge in [-0.3, -0.25) is 9.89 Å². The first-order valence-corrected chi connectivity index (χ1v) is 13.3. The quantitative estimate of drug-likeness (QED) is 0.497. The van der Waals surface area contributed by atoms with Gasteiger partial charge in [-0.1, -0.05) is 6.42 Å². The second-order valence-electron chi connectivity index (χ2n) is 10.5. The number of hydrogen-bond acceptors (Lipinski definition) is 5. The molecule has 1 atom stereocenters. The minimum absolute atomic E-state index is 0.282. The number of hydrogen-bond donors (Lipinski definition) is 1. The highest BCUT2D eigenvalue weighted by Gasteiger charge is 2.40. The van der Waals surface area contributed by atoms with E-state index < -0.39 is 0 Å². The fourth-order valence-electron chi connectivity index (χ4n) is 6.00. The molecule has 4 heterocycles. The molecule has 4 fully saturated rings. The van der Waals surface area contributed by atoms with Gasteiger partial charge in [0, 0.05) is 38.8 Å². The number of rotatable bonds is 6. The van der Waals surface area contributed by atoms with Crippen molar-refractivity contribution < 1.29 is 9.47 Å². The Hall–Kier alpha value is -0.890. The summed E-state index contributed by atoms with van der Waals surface area (Å²) in [7, 11) is 4.20. The molecule has 0 saturated carbocycles. The van der Waals surface area contributed by atoms with Crippen molar-refractivity contribution >= 4 is 5.96 Å². The predicted molar refractivity (Wildman–Crippen MR) is 130 cm³/mol. The van der Waals surface area contributed by atoms with Crippen molar-refractivity contribution in [2.75, 3.05) is 73.1 Å². The third-order valence-corrected chi connectivity index (χ3v) is 8.27. The summed E-state index contributed by atoms with van der Waals surface area (Å²) in [6.45, 7) is 9.66. The van der Waals surface area contributed by atoms with Crippen LogP contribution in [0.5, 0.6) is 0 Å². The predicted octanol–water partition coefficient (Wildman–Crippen LogP) is 2.56. The molecule has 4 rings (SSSR count). The molecule has 0 aromatic carbocycles. The topological polar surface area (TPSA) is 52.6 Å². The number of nitrogens with zero attached hydrogens (tertiary/aromatic N) is 4. The largest absolute Gasteiger partial charge is 0.376 e. The van der Waals surface area contributed by atoms with Crippen LogP contribution in [-0.2, 0) is 9.47 Å².